The fourth-order valence-electron chi connectivity index (χ4n) is 9.04. The lowest BCUT2D eigenvalue weighted by atomic mass is 9.49. The Morgan fingerprint density at radius 3 is 2.00 bits per heavy atom. The van der Waals surface area contributed by atoms with Crippen molar-refractivity contribution in [2.24, 2.45) is 40.4 Å². The van der Waals surface area contributed by atoms with Crippen molar-refractivity contribution in [3.8, 4) is 0 Å². The normalized spacial score (nSPS) is 36.7. The highest BCUT2D eigenvalue weighted by Crippen LogP contribution is 2.71. The van der Waals surface area contributed by atoms with Crippen LogP contribution in [0.2, 0.25) is 0 Å². The van der Waals surface area contributed by atoms with Crippen molar-refractivity contribution in [3.05, 3.63) is 72.1 Å². The average molecular weight is 473 g/mol. The van der Waals surface area contributed by atoms with E-state index in [9.17, 15) is 0 Å². The van der Waals surface area contributed by atoms with Crippen LogP contribution in [0.5, 0.6) is 0 Å². The van der Waals surface area contributed by atoms with Gasteiger partial charge in [0.05, 0.1) is 0 Å². The summed E-state index contributed by atoms with van der Waals surface area (Å²) < 4.78 is 15.3. The first-order chi connectivity index (χ1) is 16.3. The maximum atomic E-state index is 15.3. The van der Waals surface area contributed by atoms with Gasteiger partial charge in [-0.1, -0.05) is 87.5 Å². The van der Waals surface area contributed by atoms with Crippen molar-refractivity contribution in [3.63, 3.8) is 0 Å². The van der Waals surface area contributed by atoms with Gasteiger partial charge in [0.15, 0.2) is 7.14 Å². The SMILES string of the molecule is CC1(C)CC[C@H]2[C@H](CC[C@@H]3[C@@H]2CC[C@]2(C)C(P(=O)(c4ccccc4)c4ccccc4)=CC[C@@H]32)C1. The van der Waals surface area contributed by atoms with Gasteiger partial charge in [-0.15, -0.1) is 0 Å². The number of rotatable bonds is 3. The Bertz CT molecular complexity index is 1070. The standard InChI is InChI=1S/C32H41OP/c1-31(2)20-18-26-23(22-31)14-15-28-27(26)19-21-32(3)29(28)16-17-30(32)34(33,24-10-6-4-7-11-24)25-12-8-5-9-13-25/h4-13,17,23,26-29H,14-16,18-22H2,1-3H3/t23-,26+,27-,28-,29+,32+/m1/s1. The van der Waals surface area contributed by atoms with E-state index in [0.717, 1.165) is 40.7 Å². The first-order valence-electron chi connectivity index (χ1n) is 13.8. The second-order valence-corrected chi connectivity index (χ2v) is 15.6. The van der Waals surface area contributed by atoms with Gasteiger partial charge in [-0.05, 0) is 97.1 Å². The van der Waals surface area contributed by atoms with Crippen molar-refractivity contribution in [2.75, 3.05) is 0 Å². The Morgan fingerprint density at radius 1 is 0.735 bits per heavy atom. The van der Waals surface area contributed by atoms with Gasteiger partial charge in [-0.2, -0.15) is 0 Å². The molecule has 1 nitrogen and oxygen atoms in total. The smallest absolute Gasteiger partial charge is 0.167 e. The summed E-state index contributed by atoms with van der Waals surface area (Å²) in [4.78, 5) is 0. The minimum absolute atomic E-state index is 0.0587. The van der Waals surface area contributed by atoms with Crippen LogP contribution in [-0.4, -0.2) is 0 Å². The van der Waals surface area contributed by atoms with Gasteiger partial charge in [0.2, 0.25) is 0 Å². The summed E-state index contributed by atoms with van der Waals surface area (Å²) in [5, 5.41) is 3.29. The molecule has 2 heteroatoms. The predicted molar refractivity (Wildman–Crippen MR) is 144 cm³/mol. The van der Waals surface area contributed by atoms with Crippen molar-refractivity contribution < 1.29 is 4.57 Å². The lowest BCUT2D eigenvalue weighted by Crippen LogP contribution is -2.49. The van der Waals surface area contributed by atoms with Crippen LogP contribution in [0.3, 0.4) is 0 Å². The Morgan fingerprint density at radius 2 is 1.35 bits per heavy atom. The predicted octanol–water partition coefficient (Wildman–Crippen LogP) is 8.17. The van der Waals surface area contributed by atoms with Crippen LogP contribution in [0, 0.1) is 40.4 Å². The van der Waals surface area contributed by atoms with E-state index >= 15 is 4.57 Å². The molecule has 2 aromatic carbocycles. The molecule has 0 aromatic heterocycles. The van der Waals surface area contributed by atoms with Gasteiger partial charge < -0.3 is 4.57 Å². The Balaban J connectivity index is 1.35. The lowest BCUT2D eigenvalue weighted by molar-refractivity contribution is -0.0592. The Kier molecular flexibility index (Phi) is 5.53. The molecule has 0 aliphatic heterocycles. The van der Waals surface area contributed by atoms with E-state index in [2.05, 4.69) is 75.4 Å². The third kappa shape index (κ3) is 3.44. The van der Waals surface area contributed by atoms with E-state index in [1.807, 2.05) is 12.1 Å². The van der Waals surface area contributed by atoms with Crippen LogP contribution in [0.1, 0.15) is 72.1 Å². The summed E-state index contributed by atoms with van der Waals surface area (Å²) in [6.45, 7) is 7.47. The molecule has 0 heterocycles. The number of hydrogen-bond acceptors (Lipinski definition) is 1. The van der Waals surface area contributed by atoms with Gasteiger partial charge in [-0.25, -0.2) is 0 Å². The summed E-state index contributed by atoms with van der Waals surface area (Å²) in [6, 6.07) is 20.7. The average Bonchev–Trinajstić information content (AvgIpc) is 3.21. The molecule has 0 spiro atoms. The number of hydrogen-bond donors (Lipinski definition) is 0. The second-order valence-electron chi connectivity index (χ2n) is 12.9. The van der Waals surface area contributed by atoms with Gasteiger partial charge in [-0.3, -0.25) is 0 Å². The summed E-state index contributed by atoms with van der Waals surface area (Å²) in [5.41, 5.74) is 0.598. The third-order valence-corrected chi connectivity index (χ3v) is 14.0. The van der Waals surface area contributed by atoms with E-state index < -0.39 is 7.14 Å². The van der Waals surface area contributed by atoms with Gasteiger partial charge >= 0.3 is 0 Å². The fraction of sp³-hybridized carbons (Fsp3) is 0.562. The molecule has 6 atom stereocenters. The molecule has 0 unspecified atom stereocenters. The van der Waals surface area contributed by atoms with E-state index in [0.29, 0.717) is 11.3 Å². The summed E-state index contributed by atoms with van der Waals surface area (Å²) >= 11 is 0. The molecule has 3 saturated carbocycles. The molecule has 0 bridgehead atoms. The molecular weight excluding hydrogens is 431 g/mol. The van der Waals surface area contributed by atoms with Crippen molar-refractivity contribution >= 4 is 17.8 Å². The highest BCUT2D eigenvalue weighted by Gasteiger charge is 2.58. The van der Waals surface area contributed by atoms with Crippen LogP contribution in [0.15, 0.2) is 72.1 Å². The van der Waals surface area contributed by atoms with Crippen LogP contribution in [-0.2, 0) is 4.57 Å². The van der Waals surface area contributed by atoms with Crippen LogP contribution < -0.4 is 10.6 Å². The van der Waals surface area contributed by atoms with Gasteiger partial charge in [0.1, 0.15) is 0 Å². The lowest BCUT2D eigenvalue weighted by Gasteiger charge is -2.57. The van der Waals surface area contributed by atoms with Crippen molar-refractivity contribution in [1.29, 1.82) is 0 Å². The molecule has 6 rings (SSSR count). The molecule has 0 saturated heterocycles. The molecule has 0 radical (unpaired) electrons. The van der Waals surface area contributed by atoms with Gasteiger partial charge in [0, 0.05) is 10.6 Å². The second kappa shape index (κ2) is 8.23. The van der Waals surface area contributed by atoms with E-state index in [1.54, 1.807) is 0 Å². The molecule has 4 aliphatic rings. The molecule has 4 aliphatic carbocycles. The molecule has 180 valence electrons. The van der Waals surface area contributed by atoms with Crippen molar-refractivity contribution in [2.45, 2.75) is 72.1 Å². The van der Waals surface area contributed by atoms with Crippen LogP contribution >= 0.6 is 7.14 Å². The third-order valence-electron chi connectivity index (χ3n) is 10.6. The first kappa shape index (κ1) is 22.8. The Hall–Kier alpha value is -1.59. The zero-order valence-electron chi connectivity index (χ0n) is 21.2. The van der Waals surface area contributed by atoms with E-state index in [-0.39, 0.29) is 5.41 Å². The quantitative estimate of drug-likeness (QED) is 0.412. The maximum Gasteiger partial charge on any atom is 0.167 e. The van der Waals surface area contributed by atoms with Crippen LogP contribution in [0.25, 0.3) is 0 Å². The van der Waals surface area contributed by atoms with E-state index in [1.165, 1.54) is 50.3 Å². The first-order valence-corrected chi connectivity index (χ1v) is 15.5. The number of benzene rings is 2. The molecule has 0 N–H and O–H groups in total. The zero-order valence-corrected chi connectivity index (χ0v) is 22.1. The number of allylic oxidation sites excluding steroid dienone is 2. The fourth-order valence-corrected chi connectivity index (χ4v) is 12.4. The van der Waals surface area contributed by atoms with Crippen LogP contribution in [0.4, 0.5) is 0 Å². The van der Waals surface area contributed by atoms with Gasteiger partial charge in [0.25, 0.3) is 0 Å². The Labute approximate surface area is 206 Å². The summed E-state index contributed by atoms with van der Waals surface area (Å²) in [6.07, 6.45) is 13.2. The summed E-state index contributed by atoms with van der Waals surface area (Å²) in [7, 11) is -2.86. The molecule has 2 aromatic rings. The summed E-state index contributed by atoms with van der Waals surface area (Å²) in [5.74, 6) is 4.26. The molecule has 3 fully saturated rings. The zero-order chi connectivity index (χ0) is 23.6. The highest BCUT2D eigenvalue weighted by molar-refractivity contribution is 7.82. The molecule has 0 amide bonds. The maximum absolute atomic E-state index is 15.3. The number of fused-ring (bicyclic) bond motifs is 5. The molecule has 34 heavy (non-hydrogen) atoms. The topological polar surface area (TPSA) is 17.1 Å². The largest absolute Gasteiger partial charge is 0.309 e. The molecular formula is C32H41OP. The minimum Gasteiger partial charge on any atom is -0.309 e. The monoisotopic (exact) mass is 472 g/mol. The minimum atomic E-state index is -2.86. The highest BCUT2D eigenvalue weighted by atomic mass is 31.2. The van der Waals surface area contributed by atoms with Crippen molar-refractivity contribution in [1.82, 2.24) is 0 Å². The van der Waals surface area contributed by atoms with E-state index in [4.69, 9.17) is 0 Å².